The Morgan fingerprint density at radius 3 is 1.68 bits per heavy atom. The molecule has 1 aliphatic carbocycles. The molecule has 0 aromatic heterocycles. The van der Waals surface area contributed by atoms with E-state index in [9.17, 15) is 49.5 Å². The number of ether oxygens (including phenoxy) is 8. The first-order chi connectivity index (χ1) is 33.8. The predicted molar refractivity (Wildman–Crippen MR) is 260 cm³/mol. The number of aliphatic hydroxyl groups excluding tert-OH is 5. The van der Waals surface area contributed by atoms with Crippen LogP contribution >= 0.6 is 0 Å². The summed E-state index contributed by atoms with van der Waals surface area (Å²) >= 11 is 0. The van der Waals surface area contributed by atoms with Crippen molar-refractivity contribution in [1.82, 2.24) is 31.9 Å². The van der Waals surface area contributed by atoms with E-state index in [1.54, 1.807) is 83.1 Å². The molecule has 2 heterocycles. The molecule has 1 saturated carbocycles. The maximum Gasteiger partial charge on any atom is 0.408 e. The standard InChI is InChI=1S/C49H82N6O18/c1-46(2,3)70-42(62)51-21-20-31(57)39(61)52-29-22-30(54-44(64)72-48(7,8)9)38(36(60)37(29)69-41-35(59)33(34(58)32(25-56)67-41)55-45(65)73-49(10,11)12)68-40-28(53-43(63)71-47(4,5)6)19-18-27(66-40)24-50-23-26-16-14-13-15-17-26/h13-17,27-38,40-41,50,56-60H,18-25H2,1-12H3,(H,51,62)(H,52,61)(H,53,63)(H,54,64)(H,55,65)/t27?,28?,29-,30+,31+,32?,33+,34-,35?,36?,37+,38?,40-,41-/m1/s1. The molecule has 24 heteroatoms. The molecule has 2 saturated heterocycles. The van der Waals surface area contributed by atoms with E-state index in [0.29, 0.717) is 25.9 Å². The second-order valence-electron chi connectivity index (χ2n) is 22.5. The van der Waals surface area contributed by atoms with Crippen molar-refractivity contribution in [3.05, 3.63) is 35.9 Å². The number of carbonyl (C=O) groups is 5. The van der Waals surface area contributed by atoms with E-state index in [4.69, 9.17) is 37.9 Å². The highest BCUT2D eigenvalue weighted by atomic mass is 16.7. The van der Waals surface area contributed by atoms with Crippen molar-refractivity contribution in [3.63, 3.8) is 0 Å². The molecule has 1 aromatic rings. The summed E-state index contributed by atoms with van der Waals surface area (Å²) in [6.07, 6.45) is -19.3. The van der Waals surface area contributed by atoms with Crippen LogP contribution in [0.15, 0.2) is 30.3 Å². The number of alkyl carbamates (subject to hydrolysis) is 4. The van der Waals surface area contributed by atoms with Gasteiger partial charge in [0.25, 0.3) is 0 Å². The summed E-state index contributed by atoms with van der Waals surface area (Å²) in [5.41, 5.74) is -2.68. The van der Waals surface area contributed by atoms with Crippen molar-refractivity contribution in [2.45, 2.75) is 223 Å². The Labute approximate surface area is 427 Å². The number of benzene rings is 1. The Morgan fingerprint density at radius 2 is 1.14 bits per heavy atom. The summed E-state index contributed by atoms with van der Waals surface area (Å²) in [6.45, 7) is 19.6. The predicted octanol–water partition coefficient (Wildman–Crippen LogP) is 1.70. The van der Waals surface area contributed by atoms with Crippen LogP contribution in [0.1, 0.15) is 114 Å². The molecule has 4 rings (SSSR count). The van der Waals surface area contributed by atoms with E-state index >= 15 is 0 Å². The quantitative estimate of drug-likeness (QED) is 0.0989. The van der Waals surface area contributed by atoms with Gasteiger partial charge in [-0.2, -0.15) is 0 Å². The lowest BCUT2D eigenvalue weighted by molar-refractivity contribution is -0.316. The Morgan fingerprint density at radius 1 is 0.630 bits per heavy atom. The monoisotopic (exact) mass is 1040 g/mol. The van der Waals surface area contributed by atoms with Crippen molar-refractivity contribution in [2.75, 3.05) is 19.7 Å². The molecule has 3 fully saturated rings. The lowest BCUT2D eigenvalue weighted by atomic mass is 9.83. The number of carbonyl (C=O) groups excluding carboxylic acids is 5. The van der Waals surface area contributed by atoms with E-state index in [0.717, 1.165) is 5.56 Å². The van der Waals surface area contributed by atoms with Crippen LogP contribution in [-0.4, -0.2) is 183 Å². The maximum atomic E-state index is 13.9. The molecule has 2 aliphatic heterocycles. The summed E-state index contributed by atoms with van der Waals surface area (Å²) < 4.78 is 47.1. The third kappa shape index (κ3) is 20.5. The second-order valence-corrected chi connectivity index (χ2v) is 22.5. The average Bonchev–Trinajstić information content (AvgIpc) is 3.24. The fourth-order valence-corrected chi connectivity index (χ4v) is 8.16. The molecular weight excluding hydrogens is 961 g/mol. The van der Waals surface area contributed by atoms with E-state index in [-0.39, 0.29) is 19.4 Å². The van der Waals surface area contributed by atoms with Crippen molar-refractivity contribution in [1.29, 1.82) is 0 Å². The van der Waals surface area contributed by atoms with Gasteiger partial charge in [-0.25, -0.2) is 19.2 Å². The van der Waals surface area contributed by atoms with Gasteiger partial charge in [-0.15, -0.1) is 0 Å². The van der Waals surface area contributed by atoms with E-state index in [2.05, 4.69) is 31.9 Å². The summed E-state index contributed by atoms with van der Waals surface area (Å²) in [7, 11) is 0. The van der Waals surface area contributed by atoms with Crippen LogP contribution < -0.4 is 31.9 Å². The third-order valence-corrected chi connectivity index (χ3v) is 11.2. The minimum Gasteiger partial charge on any atom is -0.444 e. The molecular formula is C49H82N6O18. The third-order valence-electron chi connectivity index (χ3n) is 11.2. The number of hydrogen-bond acceptors (Lipinski definition) is 19. The minimum absolute atomic E-state index is 0.197. The molecule has 11 N–H and O–H groups in total. The molecule has 0 radical (unpaired) electrons. The molecule has 1 aromatic carbocycles. The van der Waals surface area contributed by atoms with Gasteiger partial charge >= 0.3 is 24.4 Å². The summed E-state index contributed by atoms with van der Waals surface area (Å²) in [4.78, 5) is 66.0. The molecule has 0 bridgehead atoms. The fraction of sp³-hybridized carbons (Fsp3) is 0.776. The lowest BCUT2D eigenvalue weighted by Gasteiger charge is -2.49. The first kappa shape index (κ1) is 60.9. The van der Waals surface area contributed by atoms with Crippen LogP contribution in [-0.2, 0) is 49.2 Å². The Hall–Kier alpha value is -4.63. The zero-order valence-corrected chi connectivity index (χ0v) is 44.2. The van der Waals surface area contributed by atoms with Crippen molar-refractivity contribution < 1.29 is 87.4 Å². The van der Waals surface area contributed by atoms with E-state index < -0.39 is 145 Å². The van der Waals surface area contributed by atoms with Gasteiger partial charge in [0.15, 0.2) is 12.6 Å². The second kappa shape index (κ2) is 26.2. The number of aliphatic hydroxyl groups is 5. The molecule has 24 nitrogen and oxygen atoms in total. The number of hydrogen-bond donors (Lipinski definition) is 11. The Bertz CT molecular complexity index is 1940. The van der Waals surface area contributed by atoms with E-state index in [1.165, 1.54) is 0 Å². The number of nitrogens with one attached hydrogen (secondary N) is 6. The highest BCUT2D eigenvalue weighted by molar-refractivity contribution is 5.81. The fourth-order valence-electron chi connectivity index (χ4n) is 8.16. The van der Waals surface area contributed by atoms with Crippen LogP contribution in [0, 0.1) is 0 Å². The zero-order chi connectivity index (χ0) is 54.6. The zero-order valence-electron chi connectivity index (χ0n) is 44.2. The van der Waals surface area contributed by atoms with E-state index in [1.807, 2.05) is 30.3 Å². The Kier molecular flexibility index (Phi) is 21.9. The molecule has 3 aliphatic rings. The van der Waals surface area contributed by atoms with Crippen LogP contribution in [0.25, 0.3) is 0 Å². The Balaban J connectivity index is 1.74. The number of rotatable bonds is 17. The number of amides is 5. The minimum atomic E-state index is -1.93. The van der Waals surface area contributed by atoms with Gasteiger partial charge in [0.2, 0.25) is 5.91 Å². The normalized spacial score (nSPS) is 29.4. The highest BCUT2D eigenvalue weighted by Crippen LogP contribution is 2.34. The average molecular weight is 1040 g/mol. The van der Waals surface area contributed by atoms with Gasteiger partial charge in [0.1, 0.15) is 65.1 Å². The van der Waals surface area contributed by atoms with Crippen LogP contribution in [0.4, 0.5) is 19.2 Å². The van der Waals surface area contributed by atoms with Gasteiger partial charge in [0, 0.05) is 19.6 Å². The van der Waals surface area contributed by atoms with Gasteiger partial charge in [0.05, 0.1) is 36.9 Å². The molecule has 5 amide bonds. The van der Waals surface area contributed by atoms with Crippen LogP contribution in [0.2, 0.25) is 0 Å². The summed E-state index contributed by atoms with van der Waals surface area (Å²) in [6, 6.07) is 4.52. The SMILES string of the molecule is CC(C)(C)OC(=O)NCC[C@H](O)C(=O)N[C@@H]1C[C@H](NC(=O)OC(C)(C)C)C(O[C@H]2OC(CNCc3ccccc3)CCC2NC(=O)OC(C)(C)C)C(O)[C@H]1O[C@H]1OC(CO)[C@@H](O)[C@H](NC(=O)OC(C)(C)C)C1O. The summed E-state index contributed by atoms with van der Waals surface area (Å²) in [5, 5.41) is 73.3. The lowest BCUT2D eigenvalue weighted by Crippen LogP contribution is -2.70. The maximum absolute atomic E-state index is 13.9. The largest absolute Gasteiger partial charge is 0.444 e. The summed E-state index contributed by atoms with van der Waals surface area (Å²) in [5.74, 6) is -1.01. The molecule has 0 spiro atoms. The molecule has 6 unspecified atom stereocenters. The van der Waals surface area contributed by atoms with Gasteiger partial charge < -0.3 is 95.3 Å². The van der Waals surface area contributed by atoms with Gasteiger partial charge in [-0.05, 0) is 114 Å². The van der Waals surface area contributed by atoms with Gasteiger partial charge in [-0.1, -0.05) is 30.3 Å². The van der Waals surface area contributed by atoms with Crippen LogP contribution in [0.3, 0.4) is 0 Å². The first-order valence-corrected chi connectivity index (χ1v) is 24.8. The first-order valence-electron chi connectivity index (χ1n) is 24.8. The van der Waals surface area contributed by atoms with Crippen molar-refractivity contribution >= 4 is 30.3 Å². The topological polar surface area (TPSA) is 333 Å². The van der Waals surface area contributed by atoms with Crippen molar-refractivity contribution in [3.8, 4) is 0 Å². The molecule has 416 valence electrons. The highest BCUT2D eigenvalue weighted by Gasteiger charge is 2.54. The van der Waals surface area contributed by atoms with Gasteiger partial charge in [-0.3, -0.25) is 4.79 Å². The smallest absolute Gasteiger partial charge is 0.408 e. The van der Waals surface area contributed by atoms with Crippen molar-refractivity contribution in [2.24, 2.45) is 0 Å². The van der Waals surface area contributed by atoms with Crippen LogP contribution in [0.5, 0.6) is 0 Å². The molecule has 73 heavy (non-hydrogen) atoms. The molecule has 14 atom stereocenters.